The first kappa shape index (κ1) is 46.6. The maximum Gasteiger partial charge on any atom is 0.326 e. The van der Waals surface area contributed by atoms with Gasteiger partial charge in [0, 0.05) is 26.6 Å². The van der Waals surface area contributed by atoms with Gasteiger partial charge in [0.25, 0.3) is 11.8 Å². The lowest BCUT2D eigenvalue weighted by atomic mass is 9.69. The molecule has 1 atom stereocenters. The fraction of sp³-hybridized carbons (Fsp3) is 0.532. The van der Waals surface area contributed by atoms with Gasteiger partial charge in [0.1, 0.15) is 23.0 Å². The van der Waals surface area contributed by atoms with Gasteiger partial charge in [-0.15, -0.1) is 0 Å². The van der Waals surface area contributed by atoms with Crippen molar-refractivity contribution in [3.05, 3.63) is 84.0 Å². The van der Waals surface area contributed by atoms with E-state index < -0.39 is 60.1 Å². The third kappa shape index (κ3) is 10.2. The van der Waals surface area contributed by atoms with Gasteiger partial charge in [-0.05, 0) is 117 Å². The highest BCUT2D eigenvalue weighted by atomic mass is 19.3. The number of methoxy groups -OCH3 is 2. The number of nitrogens with zero attached hydrogens (tertiary/aromatic N) is 3. The van der Waals surface area contributed by atoms with Crippen LogP contribution >= 0.6 is 0 Å². The van der Waals surface area contributed by atoms with Crippen molar-refractivity contribution < 1.29 is 46.5 Å². The van der Waals surface area contributed by atoms with Crippen molar-refractivity contribution in [1.29, 1.82) is 0 Å². The fourth-order valence-corrected chi connectivity index (χ4v) is 8.82. The molecule has 2 heterocycles. The summed E-state index contributed by atoms with van der Waals surface area (Å²) in [5.74, 6) is -8.24. The van der Waals surface area contributed by atoms with E-state index in [0.717, 1.165) is 66.9 Å². The van der Waals surface area contributed by atoms with Crippen LogP contribution in [0.4, 0.5) is 17.6 Å². The molecule has 0 radical (unpaired) electrons. The number of allylic oxidation sites excluding steroid dienone is 2. The number of unbranched alkanes of at least 4 members (excludes halogenated alkanes) is 1. The Bertz CT molecular complexity index is 1980. The zero-order chi connectivity index (χ0) is 43.8. The van der Waals surface area contributed by atoms with Crippen molar-refractivity contribution in [2.24, 2.45) is 5.41 Å². The number of carbonyl (C=O) groups excluding carboxylic acids is 1. The molecule has 1 N–H and O–H groups in total. The standard InChI is InChI=1S/C47H61F4N3O6/c1-8-10-22-53-23-17-35(18-24-53)60-30-33-27-40(58-6)42(41(28-33)59-7)38-16-12-14-36-34(13-11-15-37(36)38)29-39(43(55)56)52(5)44(57)45(47(50,51)32(3)4)20-25-54(26-21-45)31-46(48,49)19-9-2/h9,11-16,19,27-28,35,39H,3,8,10,17-18,20-26,29-31H2,1-2,4-7H3,(H,55,56)/b19-9+/t39-/m0/s1. The molecule has 60 heavy (non-hydrogen) atoms. The van der Waals surface area contributed by atoms with E-state index in [0.29, 0.717) is 34.6 Å². The van der Waals surface area contributed by atoms with E-state index in [1.54, 1.807) is 26.4 Å². The van der Waals surface area contributed by atoms with Crippen LogP contribution in [0.1, 0.15) is 70.4 Å². The molecule has 9 nitrogen and oxygen atoms in total. The molecule has 2 saturated heterocycles. The van der Waals surface area contributed by atoms with Gasteiger partial charge in [-0.3, -0.25) is 9.69 Å². The van der Waals surface area contributed by atoms with E-state index in [4.69, 9.17) is 14.2 Å². The lowest BCUT2D eigenvalue weighted by molar-refractivity contribution is -0.177. The molecule has 13 heteroatoms. The molecule has 0 bridgehead atoms. The number of alkyl halides is 4. The molecule has 5 rings (SSSR count). The molecular weight excluding hydrogens is 779 g/mol. The summed E-state index contributed by atoms with van der Waals surface area (Å²) in [5.41, 5.74) is -0.0155. The van der Waals surface area contributed by atoms with Gasteiger partial charge in [-0.2, -0.15) is 0 Å². The molecule has 0 saturated carbocycles. The number of halogens is 4. The predicted molar refractivity (Wildman–Crippen MR) is 227 cm³/mol. The number of carboxylic acids is 1. The number of carbonyl (C=O) groups is 2. The number of amides is 1. The van der Waals surface area contributed by atoms with Crippen molar-refractivity contribution in [2.45, 2.75) is 96.3 Å². The van der Waals surface area contributed by atoms with Crippen LogP contribution in [0.5, 0.6) is 11.5 Å². The minimum atomic E-state index is -3.74. The van der Waals surface area contributed by atoms with Crippen LogP contribution in [-0.2, 0) is 27.4 Å². The Morgan fingerprint density at radius 2 is 1.60 bits per heavy atom. The Morgan fingerprint density at radius 3 is 2.17 bits per heavy atom. The molecule has 2 aliphatic rings. The van der Waals surface area contributed by atoms with Gasteiger partial charge in [-0.1, -0.05) is 62.4 Å². The largest absolute Gasteiger partial charge is 0.496 e. The zero-order valence-corrected chi connectivity index (χ0v) is 35.9. The van der Waals surface area contributed by atoms with Crippen molar-refractivity contribution in [1.82, 2.24) is 14.7 Å². The van der Waals surface area contributed by atoms with Gasteiger partial charge in [0.05, 0.1) is 39.0 Å². The summed E-state index contributed by atoms with van der Waals surface area (Å²) in [5, 5.41) is 12.0. The number of rotatable bonds is 19. The number of hydrogen-bond acceptors (Lipinski definition) is 7. The second kappa shape index (κ2) is 19.9. The number of benzene rings is 3. The third-order valence-corrected chi connectivity index (χ3v) is 12.3. The summed E-state index contributed by atoms with van der Waals surface area (Å²) in [7, 11) is 4.39. The molecule has 3 aromatic carbocycles. The average molecular weight is 840 g/mol. The number of fused-ring (bicyclic) bond motifs is 1. The lowest BCUT2D eigenvalue weighted by Gasteiger charge is -2.47. The molecule has 0 aliphatic carbocycles. The van der Waals surface area contributed by atoms with Crippen LogP contribution < -0.4 is 9.47 Å². The van der Waals surface area contributed by atoms with E-state index in [-0.39, 0.29) is 25.6 Å². The van der Waals surface area contributed by atoms with Crippen LogP contribution in [0, 0.1) is 5.41 Å². The topological polar surface area (TPSA) is 91.8 Å². The van der Waals surface area contributed by atoms with Crippen LogP contribution in [0.2, 0.25) is 0 Å². The third-order valence-electron chi connectivity index (χ3n) is 12.3. The van der Waals surface area contributed by atoms with Crippen molar-refractivity contribution in [3.63, 3.8) is 0 Å². The number of carboxylic acid groups (broad SMARTS) is 1. The Hall–Kier alpha value is -4.46. The molecule has 0 spiro atoms. The van der Waals surface area contributed by atoms with Crippen molar-refractivity contribution in [2.75, 3.05) is 60.5 Å². The Labute approximate surface area is 351 Å². The number of hydrogen-bond donors (Lipinski definition) is 1. The summed E-state index contributed by atoms with van der Waals surface area (Å²) >= 11 is 0. The summed E-state index contributed by atoms with van der Waals surface area (Å²) in [6.07, 6.45) is 5.35. The number of ether oxygens (including phenoxy) is 3. The highest BCUT2D eigenvalue weighted by Crippen LogP contribution is 2.51. The van der Waals surface area contributed by atoms with E-state index in [1.165, 1.54) is 37.8 Å². The first-order valence-corrected chi connectivity index (χ1v) is 20.9. The smallest absolute Gasteiger partial charge is 0.326 e. The average Bonchev–Trinajstić information content (AvgIpc) is 3.23. The first-order chi connectivity index (χ1) is 28.5. The number of aliphatic carboxylic acids is 1. The van der Waals surface area contributed by atoms with E-state index in [1.807, 2.05) is 36.4 Å². The molecule has 0 unspecified atom stereocenters. The quantitative estimate of drug-likeness (QED) is 0.0945. The van der Waals surface area contributed by atoms with Crippen molar-refractivity contribution >= 4 is 22.6 Å². The summed E-state index contributed by atoms with van der Waals surface area (Å²) < 4.78 is 79.6. The Kier molecular flexibility index (Phi) is 15.5. The molecule has 3 aromatic rings. The Morgan fingerprint density at radius 1 is 0.983 bits per heavy atom. The SMILES string of the molecule is C=C(C)C(F)(F)C1(C(=O)N(C)[C@@H](Cc2cccc3c(-c4c(OC)cc(COC5CCN(CCCC)CC5)cc4OC)cccc23)C(=O)O)CCN(CC(F)(F)/C=C/C)CC1. The second-order valence-electron chi connectivity index (χ2n) is 16.3. The molecule has 1 amide bonds. The molecule has 328 valence electrons. The highest BCUT2D eigenvalue weighted by molar-refractivity contribution is 6.01. The van der Waals surface area contributed by atoms with E-state index in [9.17, 15) is 23.5 Å². The van der Waals surface area contributed by atoms with Gasteiger partial charge in [-0.25, -0.2) is 22.4 Å². The maximum absolute atomic E-state index is 16.2. The monoisotopic (exact) mass is 839 g/mol. The minimum Gasteiger partial charge on any atom is -0.496 e. The molecule has 0 aromatic heterocycles. The normalized spacial score (nSPS) is 17.5. The van der Waals surface area contributed by atoms with Crippen LogP contribution in [0.3, 0.4) is 0 Å². The predicted octanol–water partition coefficient (Wildman–Crippen LogP) is 9.26. The summed E-state index contributed by atoms with van der Waals surface area (Å²) in [6.45, 7) is 10.7. The van der Waals surface area contributed by atoms with E-state index in [2.05, 4.69) is 18.4 Å². The minimum absolute atomic E-state index is 0.162. The second-order valence-corrected chi connectivity index (χ2v) is 16.3. The fourth-order valence-electron chi connectivity index (χ4n) is 8.82. The molecule has 2 fully saturated rings. The Balaban J connectivity index is 1.41. The first-order valence-electron chi connectivity index (χ1n) is 20.9. The highest BCUT2D eigenvalue weighted by Gasteiger charge is 2.61. The van der Waals surface area contributed by atoms with Gasteiger partial charge >= 0.3 is 5.97 Å². The summed E-state index contributed by atoms with van der Waals surface area (Å²) in [6, 6.07) is 13.4. The number of likely N-dealkylation sites (N-methyl/N-ethyl adjacent to an activating group) is 1. The molecular formula is C47H61F4N3O6. The number of likely N-dealkylation sites (tertiary alicyclic amines) is 2. The van der Waals surface area contributed by atoms with E-state index >= 15 is 8.78 Å². The van der Waals surface area contributed by atoms with Gasteiger partial charge < -0.3 is 29.1 Å². The van der Waals surface area contributed by atoms with Crippen molar-refractivity contribution in [3.8, 4) is 22.6 Å². The lowest BCUT2D eigenvalue weighted by Crippen LogP contribution is -2.61. The van der Waals surface area contributed by atoms with Gasteiger partial charge in [0.2, 0.25) is 5.91 Å². The molecule has 2 aliphatic heterocycles. The van der Waals surface area contributed by atoms with Crippen LogP contribution in [0.15, 0.2) is 72.8 Å². The summed E-state index contributed by atoms with van der Waals surface area (Å²) in [4.78, 5) is 32.1. The van der Waals surface area contributed by atoms with Crippen LogP contribution in [0.25, 0.3) is 21.9 Å². The maximum atomic E-state index is 16.2. The van der Waals surface area contributed by atoms with Crippen LogP contribution in [-0.4, -0.2) is 116 Å². The zero-order valence-electron chi connectivity index (χ0n) is 35.9. The number of piperidine rings is 2. The van der Waals surface area contributed by atoms with Gasteiger partial charge in [0.15, 0.2) is 0 Å².